The van der Waals surface area contributed by atoms with Crippen molar-refractivity contribution in [2.75, 3.05) is 0 Å². The van der Waals surface area contributed by atoms with Crippen molar-refractivity contribution < 1.29 is 12.7 Å². The van der Waals surface area contributed by atoms with Crippen molar-refractivity contribution in [2.24, 2.45) is 0 Å². The molecule has 1 heterocycles. The van der Waals surface area contributed by atoms with Gasteiger partial charge >= 0.3 is 93.9 Å². The maximum atomic E-state index is 4.53. The van der Waals surface area contributed by atoms with Gasteiger partial charge in [0, 0.05) is 0 Å². The predicted octanol–water partition coefficient (Wildman–Crippen LogP) is 4.72. The van der Waals surface area contributed by atoms with Gasteiger partial charge in [0.15, 0.2) is 0 Å². The van der Waals surface area contributed by atoms with E-state index >= 15 is 0 Å². The van der Waals surface area contributed by atoms with Crippen LogP contribution >= 0.6 is 24.8 Å². The molecular weight excluding hydrogens is 303 g/mol. The Hall–Kier alpha value is -0.0157. The SMILES string of the molecule is Cl.Cl.[CH3][Ti]([CH3])([CH3])([CH3])([CH3])([C]1=CC=CC1)[c]1cc[nH]n1. The molecule has 1 aromatic heterocycles. The van der Waals surface area contributed by atoms with Crippen molar-refractivity contribution in [1.82, 2.24) is 10.2 Å². The first-order chi connectivity index (χ1) is 6.96. The molecule has 0 bridgehead atoms. The molecule has 0 saturated heterocycles. The Kier molecular flexibility index (Phi) is 3.54. The van der Waals surface area contributed by atoms with Crippen molar-refractivity contribution in [2.45, 2.75) is 32.6 Å². The molecule has 0 fully saturated rings. The second-order valence-corrected chi connectivity index (χ2v) is 35.5. The molecule has 0 atom stereocenters. The Bertz CT molecular complexity index is 511. The summed E-state index contributed by atoms with van der Waals surface area (Å²) in [5, 5.41) is 19.8. The standard InChI is InChI=1S/C5H5.C3H3N2.5CH3.2ClH.Ti/c2*1-2-4-5-3-1;;;;;;;;/h1-3H,4H2;1-2H,(H,4,5);5*1H3;2*1H;. The number of H-pyrrole nitrogens is 1. The van der Waals surface area contributed by atoms with E-state index in [2.05, 4.69) is 60.6 Å². The summed E-state index contributed by atoms with van der Waals surface area (Å²) < 4.78 is 2.80. The van der Waals surface area contributed by atoms with E-state index in [9.17, 15) is 0 Å². The fourth-order valence-electron chi connectivity index (χ4n) is 2.66. The third-order valence-electron chi connectivity index (χ3n) is 4.45. The van der Waals surface area contributed by atoms with Crippen LogP contribution in [0.4, 0.5) is 0 Å². The van der Waals surface area contributed by atoms with E-state index in [0.29, 0.717) is 0 Å². The number of hydrogen-bond acceptors (Lipinski definition) is 1. The molecule has 18 heavy (non-hydrogen) atoms. The molecule has 0 saturated carbocycles. The van der Waals surface area contributed by atoms with Gasteiger partial charge in [-0.2, -0.15) is 0 Å². The third-order valence-corrected chi connectivity index (χ3v) is 15.4. The quantitative estimate of drug-likeness (QED) is 0.782. The van der Waals surface area contributed by atoms with Crippen molar-refractivity contribution >= 4 is 28.8 Å². The van der Waals surface area contributed by atoms with Crippen LogP contribution in [0.5, 0.6) is 0 Å². The molecule has 0 spiro atoms. The molecule has 105 valence electrons. The second-order valence-electron chi connectivity index (χ2n) is 9.91. The van der Waals surface area contributed by atoms with Crippen LogP contribution in [-0.2, 0) is 12.7 Å². The van der Waals surface area contributed by atoms with Crippen LogP contribution in [0.3, 0.4) is 0 Å². The van der Waals surface area contributed by atoms with Crippen molar-refractivity contribution in [3.8, 4) is 0 Å². The number of allylic oxidation sites excluding steroid dienone is 4. The average molecular weight is 328 g/mol. The van der Waals surface area contributed by atoms with E-state index in [1.54, 1.807) is 3.88 Å². The molecule has 0 aromatic carbocycles. The Morgan fingerprint density at radius 2 is 1.72 bits per heavy atom. The fourth-order valence-corrected chi connectivity index (χ4v) is 9.31. The van der Waals surface area contributed by atoms with Crippen molar-refractivity contribution in [3.63, 3.8) is 0 Å². The Labute approximate surface area is 118 Å². The summed E-state index contributed by atoms with van der Waals surface area (Å²) in [6, 6.07) is 2.15. The van der Waals surface area contributed by atoms with Crippen LogP contribution in [-0.4, -0.2) is 10.2 Å². The summed E-state index contributed by atoms with van der Waals surface area (Å²) in [5.74, 6) is 0. The fraction of sp³-hybridized carbons (Fsp3) is 0.462. The summed E-state index contributed by atoms with van der Waals surface area (Å²) in [5.41, 5.74) is 0. The number of nitrogens with zero attached hydrogens (tertiary/aromatic N) is 1. The molecule has 1 N–H and O–H groups in total. The molecular formula is C13H25Cl2N2Ti. The Morgan fingerprint density at radius 1 is 1.11 bits per heavy atom. The first kappa shape index (κ1) is 18.0. The molecule has 2 nitrogen and oxygen atoms in total. The van der Waals surface area contributed by atoms with Gasteiger partial charge in [-0.3, -0.25) is 0 Å². The van der Waals surface area contributed by atoms with Crippen molar-refractivity contribution in [1.29, 1.82) is 0 Å². The summed E-state index contributed by atoms with van der Waals surface area (Å²) in [6.45, 7) is 0. The molecule has 2 rings (SSSR count). The number of halogens is 2. The van der Waals surface area contributed by atoms with E-state index in [4.69, 9.17) is 0 Å². The number of rotatable bonds is 2. The summed E-state index contributed by atoms with van der Waals surface area (Å²) >= 11 is -3.82. The van der Waals surface area contributed by atoms with E-state index in [1.165, 1.54) is 4.00 Å². The van der Waals surface area contributed by atoms with E-state index in [0.717, 1.165) is 6.42 Å². The van der Waals surface area contributed by atoms with E-state index in [1.807, 2.05) is 6.20 Å². The summed E-state index contributed by atoms with van der Waals surface area (Å²) in [6.07, 6.45) is 9.72. The first-order valence-corrected chi connectivity index (χ1v) is 15.4. The molecule has 0 aliphatic heterocycles. The van der Waals surface area contributed by atoms with Gasteiger partial charge < -0.3 is 0 Å². The molecule has 0 amide bonds. The number of nitrogens with one attached hydrogen (secondary N) is 1. The van der Waals surface area contributed by atoms with E-state index in [-0.39, 0.29) is 24.8 Å². The van der Waals surface area contributed by atoms with Crippen LogP contribution in [0.25, 0.3) is 0 Å². The minimum atomic E-state index is -3.82. The summed E-state index contributed by atoms with van der Waals surface area (Å²) in [4.78, 5) is 0. The van der Waals surface area contributed by atoms with Crippen LogP contribution < -0.4 is 4.00 Å². The average Bonchev–Trinajstić information content (AvgIpc) is 2.76. The summed E-state index contributed by atoms with van der Waals surface area (Å²) in [7, 11) is 0. The van der Waals surface area contributed by atoms with Gasteiger partial charge in [0.25, 0.3) is 0 Å². The van der Waals surface area contributed by atoms with Gasteiger partial charge in [0.2, 0.25) is 0 Å². The second kappa shape index (κ2) is 3.55. The normalized spacial score (nSPS) is 20.5. The zero-order chi connectivity index (χ0) is 12.2. The third kappa shape index (κ3) is 2.49. The first-order valence-electron chi connectivity index (χ1n) is 6.08. The van der Waals surface area contributed by atoms with Gasteiger partial charge in [-0.25, -0.2) is 0 Å². The Balaban J connectivity index is 0.00000144. The van der Waals surface area contributed by atoms with Crippen LogP contribution in [0.15, 0.2) is 34.4 Å². The van der Waals surface area contributed by atoms with Gasteiger partial charge in [0.05, 0.1) is 0 Å². The predicted molar refractivity (Wildman–Crippen MR) is 83.9 cm³/mol. The van der Waals surface area contributed by atoms with Crippen LogP contribution in [0.2, 0.25) is 26.1 Å². The molecule has 0 unspecified atom stereocenters. The Morgan fingerprint density at radius 3 is 2.11 bits per heavy atom. The van der Waals surface area contributed by atoms with Gasteiger partial charge in [0.1, 0.15) is 0 Å². The minimum absolute atomic E-state index is 0. The molecule has 1 aliphatic carbocycles. The number of aromatic amines is 1. The van der Waals surface area contributed by atoms with Crippen LogP contribution in [0.1, 0.15) is 6.42 Å². The number of aromatic nitrogens is 2. The number of hydrogen-bond donors (Lipinski definition) is 1. The van der Waals surface area contributed by atoms with Gasteiger partial charge in [-0.15, -0.1) is 24.8 Å². The van der Waals surface area contributed by atoms with Gasteiger partial charge in [-0.1, -0.05) is 0 Å². The zero-order valence-corrected chi connectivity index (χ0v) is 15.1. The molecule has 1 aromatic rings. The molecule has 5 heteroatoms. The molecule has 0 radical (unpaired) electrons. The van der Waals surface area contributed by atoms with Gasteiger partial charge in [-0.05, 0) is 0 Å². The monoisotopic (exact) mass is 327 g/mol. The maximum absolute atomic E-state index is 4.53. The van der Waals surface area contributed by atoms with Crippen LogP contribution in [0, 0.1) is 0 Å². The topological polar surface area (TPSA) is 28.7 Å². The zero-order valence-electron chi connectivity index (χ0n) is 11.9. The van der Waals surface area contributed by atoms with Crippen molar-refractivity contribution in [3.05, 3.63) is 34.4 Å². The molecule has 1 aliphatic rings. The van der Waals surface area contributed by atoms with E-state index < -0.39 is 12.7 Å².